The van der Waals surface area contributed by atoms with E-state index in [9.17, 15) is 9.59 Å². The summed E-state index contributed by atoms with van der Waals surface area (Å²) in [7, 11) is 0. The SMILES string of the molecule is CCc1nc(C(=O)NC(C)C(=O)O)nn1-c1ccccc1. The minimum absolute atomic E-state index is 0.0381. The number of aliphatic carboxylic acids is 1. The smallest absolute Gasteiger partial charge is 0.325 e. The molecular weight excluding hydrogens is 272 g/mol. The maximum Gasteiger partial charge on any atom is 0.325 e. The van der Waals surface area contributed by atoms with Gasteiger partial charge in [0.2, 0.25) is 5.82 Å². The summed E-state index contributed by atoms with van der Waals surface area (Å²) >= 11 is 0. The summed E-state index contributed by atoms with van der Waals surface area (Å²) in [6, 6.07) is 8.33. The van der Waals surface area contributed by atoms with Crippen molar-refractivity contribution in [2.75, 3.05) is 0 Å². The van der Waals surface area contributed by atoms with E-state index in [0.717, 1.165) is 5.69 Å². The Balaban J connectivity index is 2.29. The first-order chi connectivity index (χ1) is 10.0. The zero-order valence-corrected chi connectivity index (χ0v) is 11.8. The third-order valence-electron chi connectivity index (χ3n) is 2.91. The molecule has 0 aliphatic rings. The Hall–Kier alpha value is -2.70. The molecule has 110 valence electrons. The molecule has 1 heterocycles. The molecule has 2 aromatic rings. The van der Waals surface area contributed by atoms with E-state index in [2.05, 4.69) is 15.4 Å². The number of benzene rings is 1. The number of rotatable bonds is 5. The monoisotopic (exact) mass is 288 g/mol. The lowest BCUT2D eigenvalue weighted by molar-refractivity contribution is -0.138. The average molecular weight is 288 g/mol. The van der Waals surface area contributed by atoms with E-state index in [4.69, 9.17) is 5.11 Å². The molecule has 1 unspecified atom stereocenters. The largest absolute Gasteiger partial charge is 0.480 e. The van der Waals surface area contributed by atoms with Crippen molar-refractivity contribution in [1.29, 1.82) is 0 Å². The second kappa shape index (κ2) is 6.17. The molecule has 7 nitrogen and oxygen atoms in total. The first kappa shape index (κ1) is 14.7. The number of para-hydroxylation sites is 1. The van der Waals surface area contributed by atoms with Crippen LogP contribution in [0.15, 0.2) is 30.3 Å². The summed E-state index contributed by atoms with van der Waals surface area (Å²) in [6.45, 7) is 3.29. The van der Waals surface area contributed by atoms with Gasteiger partial charge in [-0.1, -0.05) is 25.1 Å². The Bertz CT molecular complexity index is 651. The van der Waals surface area contributed by atoms with Crippen LogP contribution in [0.25, 0.3) is 5.69 Å². The molecule has 21 heavy (non-hydrogen) atoms. The van der Waals surface area contributed by atoms with Crippen molar-refractivity contribution >= 4 is 11.9 Å². The van der Waals surface area contributed by atoms with Gasteiger partial charge in [0.25, 0.3) is 5.91 Å². The minimum atomic E-state index is -1.11. The Morgan fingerprint density at radius 1 is 1.33 bits per heavy atom. The summed E-state index contributed by atoms with van der Waals surface area (Å²) in [5.74, 6) is -1.12. The highest BCUT2D eigenvalue weighted by Gasteiger charge is 2.20. The van der Waals surface area contributed by atoms with Crippen LogP contribution >= 0.6 is 0 Å². The van der Waals surface area contributed by atoms with Crippen LogP contribution in [-0.2, 0) is 11.2 Å². The highest BCUT2D eigenvalue weighted by molar-refractivity contribution is 5.93. The molecular formula is C14H16N4O3. The highest BCUT2D eigenvalue weighted by atomic mass is 16.4. The predicted octanol–water partition coefficient (Wildman–Crippen LogP) is 1.03. The lowest BCUT2D eigenvalue weighted by Gasteiger charge is -2.06. The van der Waals surface area contributed by atoms with Gasteiger partial charge in [-0.2, -0.15) is 0 Å². The van der Waals surface area contributed by atoms with Gasteiger partial charge in [0.1, 0.15) is 11.9 Å². The van der Waals surface area contributed by atoms with Gasteiger partial charge in [0, 0.05) is 6.42 Å². The van der Waals surface area contributed by atoms with Crippen LogP contribution < -0.4 is 5.32 Å². The number of carboxylic acid groups (broad SMARTS) is 1. The molecule has 1 atom stereocenters. The Kier molecular flexibility index (Phi) is 4.32. The van der Waals surface area contributed by atoms with E-state index in [0.29, 0.717) is 12.2 Å². The number of carboxylic acids is 1. The fraction of sp³-hybridized carbons (Fsp3) is 0.286. The first-order valence-corrected chi connectivity index (χ1v) is 6.58. The van der Waals surface area contributed by atoms with Crippen LogP contribution in [0, 0.1) is 0 Å². The molecule has 0 saturated carbocycles. The van der Waals surface area contributed by atoms with E-state index < -0.39 is 17.9 Å². The van der Waals surface area contributed by atoms with Gasteiger partial charge >= 0.3 is 5.97 Å². The number of hydrogen-bond donors (Lipinski definition) is 2. The summed E-state index contributed by atoms with van der Waals surface area (Å²) in [5, 5.41) is 15.3. The number of nitrogens with one attached hydrogen (secondary N) is 1. The standard InChI is InChI=1S/C14H16N4O3/c1-3-11-16-12(13(19)15-9(2)14(20)21)17-18(11)10-7-5-4-6-8-10/h4-9H,3H2,1-2H3,(H,15,19)(H,20,21). The van der Waals surface area contributed by atoms with Crippen molar-refractivity contribution in [3.63, 3.8) is 0 Å². The van der Waals surface area contributed by atoms with Crippen LogP contribution in [0.1, 0.15) is 30.3 Å². The maximum absolute atomic E-state index is 12.0. The van der Waals surface area contributed by atoms with E-state index in [1.165, 1.54) is 6.92 Å². The summed E-state index contributed by atoms with van der Waals surface area (Å²) in [4.78, 5) is 26.9. The molecule has 1 aromatic carbocycles. The van der Waals surface area contributed by atoms with Crippen molar-refractivity contribution < 1.29 is 14.7 Å². The molecule has 0 saturated heterocycles. The quantitative estimate of drug-likeness (QED) is 0.856. The van der Waals surface area contributed by atoms with Gasteiger partial charge in [-0.05, 0) is 19.1 Å². The molecule has 0 aliphatic heterocycles. The van der Waals surface area contributed by atoms with E-state index in [1.54, 1.807) is 4.68 Å². The number of aromatic nitrogens is 3. The fourth-order valence-corrected chi connectivity index (χ4v) is 1.77. The molecule has 0 spiro atoms. The number of amides is 1. The van der Waals surface area contributed by atoms with Gasteiger partial charge in [0.05, 0.1) is 5.69 Å². The summed E-state index contributed by atoms with van der Waals surface area (Å²) in [5.41, 5.74) is 0.798. The fourth-order valence-electron chi connectivity index (χ4n) is 1.77. The Morgan fingerprint density at radius 2 is 2.00 bits per heavy atom. The zero-order valence-electron chi connectivity index (χ0n) is 11.8. The summed E-state index contributed by atoms with van der Waals surface area (Å²) < 4.78 is 1.58. The van der Waals surface area contributed by atoms with Crippen molar-refractivity contribution in [2.45, 2.75) is 26.3 Å². The van der Waals surface area contributed by atoms with Crippen LogP contribution in [-0.4, -0.2) is 37.8 Å². The Labute approximate surface area is 121 Å². The molecule has 1 amide bonds. The van der Waals surface area contributed by atoms with E-state index in [1.807, 2.05) is 37.3 Å². The molecule has 1 aromatic heterocycles. The van der Waals surface area contributed by atoms with Crippen molar-refractivity contribution in [3.05, 3.63) is 42.0 Å². The van der Waals surface area contributed by atoms with Gasteiger partial charge in [0.15, 0.2) is 0 Å². The lowest BCUT2D eigenvalue weighted by atomic mass is 10.3. The number of nitrogens with zero attached hydrogens (tertiary/aromatic N) is 3. The molecule has 0 fully saturated rings. The van der Waals surface area contributed by atoms with Gasteiger partial charge in [-0.25, -0.2) is 9.67 Å². The highest BCUT2D eigenvalue weighted by Crippen LogP contribution is 2.10. The average Bonchev–Trinajstić information content (AvgIpc) is 2.92. The Morgan fingerprint density at radius 3 is 2.57 bits per heavy atom. The third-order valence-corrected chi connectivity index (χ3v) is 2.91. The van der Waals surface area contributed by atoms with E-state index in [-0.39, 0.29) is 5.82 Å². The number of carbonyl (C=O) groups is 2. The summed E-state index contributed by atoms with van der Waals surface area (Å²) in [6.07, 6.45) is 0.601. The minimum Gasteiger partial charge on any atom is -0.480 e. The van der Waals surface area contributed by atoms with Crippen molar-refractivity contribution in [3.8, 4) is 5.69 Å². The molecule has 7 heteroatoms. The normalized spacial score (nSPS) is 11.9. The van der Waals surface area contributed by atoms with Crippen LogP contribution in [0.5, 0.6) is 0 Å². The molecule has 0 bridgehead atoms. The van der Waals surface area contributed by atoms with Crippen molar-refractivity contribution in [2.24, 2.45) is 0 Å². The third kappa shape index (κ3) is 3.25. The lowest BCUT2D eigenvalue weighted by Crippen LogP contribution is -2.38. The predicted molar refractivity (Wildman–Crippen MR) is 75.3 cm³/mol. The zero-order chi connectivity index (χ0) is 15.4. The van der Waals surface area contributed by atoms with Gasteiger partial charge in [-0.3, -0.25) is 9.59 Å². The number of hydrogen-bond acceptors (Lipinski definition) is 4. The van der Waals surface area contributed by atoms with Crippen LogP contribution in [0.4, 0.5) is 0 Å². The number of carbonyl (C=O) groups excluding carboxylic acids is 1. The van der Waals surface area contributed by atoms with Crippen molar-refractivity contribution in [1.82, 2.24) is 20.1 Å². The molecule has 2 rings (SSSR count). The topological polar surface area (TPSA) is 97.1 Å². The maximum atomic E-state index is 12.0. The first-order valence-electron chi connectivity index (χ1n) is 6.58. The molecule has 2 N–H and O–H groups in total. The number of aryl methyl sites for hydroxylation is 1. The van der Waals surface area contributed by atoms with Gasteiger partial charge in [-0.15, -0.1) is 5.10 Å². The second-order valence-corrected chi connectivity index (χ2v) is 4.49. The molecule has 0 aliphatic carbocycles. The van der Waals surface area contributed by atoms with Crippen LogP contribution in [0.3, 0.4) is 0 Å². The van der Waals surface area contributed by atoms with E-state index >= 15 is 0 Å². The van der Waals surface area contributed by atoms with Gasteiger partial charge < -0.3 is 10.4 Å². The van der Waals surface area contributed by atoms with Crippen LogP contribution in [0.2, 0.25) is 0 Å². The molecule has 0 radical (unpaired) electrons. The second-order valence-electron chi connectivity index (χ2n) is 4.49.